The summed E-state index contributed by atoms with van der Waals surface area (Å²) in [5.74, 6) is 0.461. The summed E-state index contributed by atoms with van der Waals surface area (Å²) in [6, 6.07) is 8.50. The summed E-state index contributed by atoms with van der Waals surface area (Å²) < 4.78 is 34.3. The van der Waals surface area contributed by atoms with E-state index in [0.29, 0.717) is 22.7 Å². The normalized spacial score (nSPS) is 16.2. The smallest absolute Gasteiger partial charge is 0.262 e. The molecule has 0 spiro atoms. The molecule has 7 heteroatoms. The van der Waals surface area contributed by atoms with Gasteiger partial charge < -0.3 is 9.64 Å². The molecule has 0 bridgehead atoms. The highest BCUT2D eigenvalue weighted by Crippen LogP contribution is 2.37. The molecule has 0 saturated heterocycles. The van der Waals surface area contributed by atoms with Gasteiger partial charge in [-0.3, -0.25) is 9.52 Å². The minimum atomic E-state index is -3.77. The minimum absolute atomic E-state index is 0.0868. The van der Waals surface area contributed by atoms with Crippen LogP contribution in [0.25, 0.3) is 0 Å². The van der Waals surface area contributed by atoms with E-state index in [1.807, 2.05) is 33.8 Å². The van der Waals surface area contributed by atoms with Crippen molar-refractivity contribution in [2.24, 2.45) is 5.41 Å². The van der Waals surface area contributed by atoms with Crippen molar-refractivity contribution < 1.29 is 17.9 Å². The second-order valence-corrected chi connectivity index (χ2v) is 9.68. The Kier molecular flexibility index (Phi) is 4.91. The zero-order chi connectivity index (χ0) is 20.9. The fraction of sp³-hybridized carbons (Fsp3) is 0.381. The third kappa shape index (κ3) is 3.58. The van der Waals surface area contributed by atoms with E-state index in [2.05, 4.69) is 4.72 Å². The van der Waals surface area contributed by atoms with Gasteiger partial charge in [0.1, 0.15) is 12.4 Å². The van der Waals surface area contributed by atoms with Crippen molar-refractivity contribution in [2.75, 3.05) is 23.3 Å². The van der Waals surface area contributed by atoms with Crippen molar-refractivity contribution in [3.63, 3.8) is 0 Å². The molecule has 1 amide bonds. The molecule has 0 unspecified atom stereocenters. The zero-order valence-corrected chi connectivity index (χ0v) is 17.9. The number of ether oxygens (including phenoxy) is 1. The summed E-state index contributed by atoms with van der Waals surface area (Å²) in [7, 11) is -2.10. The first-order chi connectivity index (χ1) is 12.9. The third-order valence-corrected chi connectivity index (χ3v) is 6.65. The van der Waals surface area contributed by atoms with E-state index < -0.39 is 15.4 Å². The Morgan fingerprint density at radius 3 is 2.36 bits per heavy atom. The number of nitrogens with zero attached hydrogens (tertiary/aromatic N) is 1. The van der Waals surface area contributed by atoms with Gasteiger partial charge in [-0.25, -0.2) is 8.42 Å². The van der Waals surface area contributed by atoms with Crippen molar-refractivity contribution in [1.29, 1.82) is 0 Å². The first-order valence-corrected chi connectivity index (χ1v) is 10.6. The van der Waals surface area contributed by atoms with Crippen molar-refractivity contribution >= 4 is 27.3 Å². The Morgan fingerprint density at radius 2 is 1.68 bits per heavy atom. The van der Waals surface area contributed by atoms with Crippen LogP contribution in [-0.2, 0) is 14.8 Å². The zero-order valence-electron chi connectivity index (χ0n) is 17.1. The van der Waals surface area contributed by atoms with Crippen LogP contribution in [0.3, 0.4) is 0 Å². The number of carbonyl (C=O) groups excluding carboxylic acids is 1. The molecule has 2 aromatic carbocycles. The number of nitrogens with one attached hydrogen (secondary N) is 1. The van der Waals surface area contributed by atoms with Crippen LogP contribution in [0.15, 0.2) is 35.2 Å². The summed E-state index contributed by atoms with van der Waals surface area (Å²) in [6.45, 7) is 9.52. The molecule has 0 saturated carbocycles. The number of amides is 1. The van der Waals surface area contributed by atoms with Crippen LogP contribution in [-0.4, -0.2) is 28.0 Å². The van der Waals surface area contributed by atoms with E-state index in [1.165, 1.54) is 4.90 Å². The van der Waals surface area contributed by atoms with Gasteiger partial charge in [-0.1, -0.05) is 6.07 Å². The average Bonchev–Trinajstić information content (AvgIpc) is 2.69. The predicted octanol–water partition coefficient (Wildman–Crippen LogP) is 3.79. The Bertz CT molecular complexity index is 1060. The lowest BCUT2D eigenvalue weighted by Gasteiger charge is -2.24. The summed E-state index contributed by atoms with van der Waals surface area (Å²) in [6.07, 6.45) is 0. The lowest BCUT2D eigenvalue weighted by Crippen LogP contribution is -2.39. The molecule has 2 aromatic rings. The lowest BCUT2D eigenvalue weighted by atomic mass is 9.93. The molecule has 0 fully saturated rings. The first-order valence-electron chi connectivity index (χ1n) is 9.08. The van der Waals surface area contributed by atoms with Gasteiger partial charge in [-0.05, 0) is 75.6 Å². The lowest BCUT2D eigenvalue weighted by molar-refractivity contribution is -0.127. The molecule has 0 radical (unpaired) electrons. The highest BCUT2D eigenvalue weighted by atomic mass is 32.2. The van der Waals surface area contributed by atoms with Gasteiger partial charge in [-0.15, -0.1) is 0 Å². The predicted molar refractivity (Wildman–Crippen MR) is 111 cm³/mol. The maximum atomic E-state index is 12.9. The van der Waals surface area contributed by atoms with Gasteiger partial charge in [0.05, 0.1) is 21.7 Å². The van der Waals surface area contributed by atoms with E-state index in [0.717, 1.165) is 11.1 Å². The number of rotatable bonds is 3. The number of aryl methyl sites for hydroxylation is 3. The largest absolute Gasteiger partial charge is 0.490 e. The Morgan fingerprint density at radius 1 is 1.04 bits per heavy atom. The van der Waals surface area contributed by atoms with Gasteiger partial charge in [-0.2, -0.15) is 0 Å². The maximum Gasteiger partial charge on any atom is 0.262 e. The number of hydrogen-bond acceptors (Lipinski definition) is 4. The molecule has 0 aromatic heterocycles. The van der Waals surface area contributed by atoms with Crippen LogP contribution < -0.4 is 14.4 Å². The fourth-order valence-corrected chi connectivity index (χ4v) is 4.64. The van der Waals surface area contributed by atoms with Gasteiger partial charge in [0, 0.05) is 7.05 Å². The second kappa shape index (κ2) is 6.81. The number of fused-ring (bicyclic) bond motifs is 1. The Hall–Kier alpha value is -2.54. The number of benzene rings is 2. The monoisotopic (exact) mass is 402 g/mol. The molecule has 150 valence electrons. The Labute approximate surface area is 166 Å². The van der Waals surface area contributed by atoms with Crippen LogP contribution in [0.5, 0.6) is 5.75 Å². The van der Waals surface area contributed by atoms with Crippen molar-refractivity contribution in [2.45, 2.75) is 39.5 Å². The molecule has 1 aliphatic heterocycles. The molecule has 28 heavy (non-hydrogen) atoms. The fourth-order valence-electron chi connectivity index (χ4n) is 3.28. The van der Waals surface area contributed by atoms with Crippen LogP contribution in [0.2, 0.25) is 0 Å². The topological polar surface area (TPSA) is 75.7 Å². The standard InChI is InChI=1S/C21H26N2O4S/c1-13-9-15(3)19(10-14(13)2)28(25,26)22-16-7-8-18-17(11-16)23(6)20(24)21(4,5)12-27-18/h7-11,22H,12H2,1-6H3. The summed E-state index contributed by atoms with van der Waals surface area (Å²) in [4.78, 5) is 14.4. The number of sulfonamides is 1. The van der Waals surface area contributed by atoms with Gasteiger partial charge >= 0.3 is 0 Å². The molecule has 1 N–H and O–H groups in total. The molecule has 6 nitrogen and oxygen atoms in total. The van der Waals surface area contributed by atoms with Crippen LogP contribution in [0.4, 0.5) is 11.4 Å². The molecule has 3 rings (SSSR count). The van der Waals surface area contributed by atoms with Crippen LogP contribution in [0, 0.1) is 26.2 Å². The molecule has 1 heterocycles. The molecular weight excluding hydrogens is 376 g/mol. The van der Waals surface area contributed by atoms with Crippen molar-refractivity contribution in [1.82, 2.24) is 0 Å². The number of hydrogen-bond donors (Lipinski definition) is 1. The number of anilines is 2. The second-order valence-electron chi connectivity index (χ2n) is 8.03. The van der Waals surface area contributed by atoms with E-state index in [-0.39, 0.29) is 17.4 Å². The minimum Gasteiger partial charge on any atom is -0.490 e. The average molecular weight is 403 g/mol. The number of carbonyl (C=O) groups is 1. The summed E-state index contributed by atoms with van der Waals surface area (Å²) in [5.41, 5.74) is 2.88. The summed E-state index contributed by atoms with van der Waals surface area (Å²) in [5, 5.41) is 0. The van der Waals surface area contributed by atoms with E-state index in [4.69, 9.17) is 4.74 Å². The third-order valence-electron chi connectivity index (χ3n) is 5.13. The quantitative estimate of drug-likeness (QED) is 0.847. The van der Waals surface area contributed by atoms with Crippen LogP contribution >= 0.6 is 0 Å². The van der Waals surface area contributed by atoms with E-state index >= 15 is 0 Å². The highest BCUT2D eigenvalue weighted by Gasteiger charge is 2.36. The SMILES string of the molecule is Cc1cc(C)c(S(=O)(=O)Nc2ccc3c(c2)N(C)C(=O)C(C)(C)CO3)cc1C. The molecule has 0 aliphatic carbocycles. The Balaban J connectivity index is 1.98. The highest BCUT2D eigenvalue weighted by molar-refractivity contribution is 7.92. The van der Waals surface area contributed by atoms with Crippen molar-refractivity contribution in [3.8, 4) is 5.75 Å². The first kappa shape index (κ1) is 20.2. The van der Waals surface area contributed by atoms with Gasteiger partial charge in [0.25, 0.3) is 10.0 Å². The summed E-state index contributed by atoms with van der Waals surface area (Å²) >= 11 is 0. The van der Waals surface area contributed by atoms with Crippen LogP contribution in [0.1, 0.15) is 30.5 Å². The molecule has 0 atom stereocenters. The van der Waals surface area contributed by atoms with Crippen molar-refractivity contribution in [3.05, 3.63) is 47.0 Å². The maximum absolute atomic E-state index is 12.9. The molecule has 1 aliphatic rings. The van der Waals surface area contributed by atoms with E-state index in [1.54, 1.807) is 38.2 Å². The van der Waals surface area contributed by atoms with Gasteiger partial charge in [0.2, 0.25) is 5.91 Å². The molecular formula is C21H26N2O4S. The van der Waals surface area contributed by atoms with Gasteiger partial charge in [0.15, 0.2) is 0 Å². The van der Waals surface area contributed by atoms with E-state index in [9.17, 15) is 13.2 Å².